The van der Waals surface area contributed by atoms with Gasteiger partial charge in [-0.15, -0.1) is 35.3 Å². The predicted octanol–water partition coefficient (Wildman–Crippen LogP) is 4.09. The molecule has 0 aliphatic heterocycles. The first kappa shape index (κ1) is 21.9. The van der Waals surface area contributed by atoms with E-state index in [1.54, 1.807) is 13.2 Å². The molecule has 0 spiro atoms. The van der Waals surface area contributed by atoms with Crippen molar-refractivity contribution in [3.05, 3.63) is 46.3 Å². The summed E-state index contributed by atoms with van der Waals surface area (Å²) in [4.78, 5) is 10.0. The van der Waals surface area contributed by atoms with E-state index < -0.39 is 0 Å². The molecule has 2 N–H and O–H groups in total. The molecule has 1 aliphatic rings. The van der Waals surface area contributed by atoms with E-state index >= 15 is 0 Å². The number of pyridine rings is 1. The first-order chi connectivity index (χ1) is 12.7. The molecule has 2 aromatic heterocycles. The Hall–Kier alpha value is -1.35. The van der Waals surface area contributed by atoms with E-state index in [-0.39, 0.29) is 24.0 Å². The summed E-state index contributed by atoms with van der Waals surface area (Å²) in [5.74, 6) is 2.82. The number of aromatic nitrogens is 1. The van der Waals surface area contributed by atoms with E-state index in [1.807, 2.05) is 23.5 Å². The maximum Gasteiger partial charge on any atom is 0.213 e. The highest BCUT2D eigenvalue weighted by Crippen LogP contribution is 2.29. The van der Waals surface area contributed by atoms with Crippen LogP contribution in [0, 0.1) is 11.8 Å². The summed E-state index contributed by atoms with van der Waals surface area (Å²) in [6, 6.07) is 8.31. The van der Waals surface area contributed by atoms with Crippen LogP contribution in [-0.4, -0.2) is 31.1 Å². The van der Waals surface area contributed by atoms with Gasteiger partial charge in [0.2, 0.25) is 5.88 Å². The van der Waals surface area contributed by atoms with Gasteiger partial charge >= 0.3 is 0 Å². The number of ether oxygens (including phenoxy) is 1. The Morgan fingerprint density at radius 2 is 2.22 bits per heavy atom. The van der Waals surface area contributed by atoms with Crippen LogP contribution in [0.25, 0.3) is 0 Å². The second-order valence-corrected chi connectivity index (χ2v) is 7.98. The van der Waals surface area contributed by atoms with Crippen LogP contribution in [0.3, 0.4) is 0 Å². The minimum Gasteiger partial charge on any atom is -0.477 e. The zero-order valence-corrected chi connectivity index (χ0v) is 19.1. The van der Waals surface area contributed by atoms with Crippen LogP contribution in [0.15, 0.2) is 40.8 Å². The maximum atomic E-state index is 5.75. The molecule has 2 heterocycles. The average Bonchev–Trinajstić information content (AvgIpc) is 3.35. The first-order valence-corrected chi connectivity index (χ1v) is 10.2. The predicted molar refractivity (Wildman–Crippen MR) is 123 cm³/mol. The topological polar surface area (TPSA) is 58.5 Å². The van der Waals surface area contributed by atoms with Gasteiger partial charge in [-0.25, -0.2) is 4.98 Å². The van der Waals surface area contributed by atoms with Gasteiger partial charge in [0.1, 0.15) is 0 Å². The molecule has 1 fully saturated rings. The van der Waals surface area contributed by atoms with E-state index in [4.69, 9.17) is 4.74 Å². The third-order valence-corrected chi connectivity index (χ3v) is 5.29. The maximum absolute atomic E-state index is 5.75. The molecule has 3 rings (SSSR count). The number of guanidine groups is 1. The molecule has 1 atom stereocenters. The van der Waals surface area contributed by atoms with Crippen molar-refractivity contribution in [2.24, 2.45) is 16.8 Å². The summed E-state index contributed by atoms with van der Waals surface area (Å²) in [6.07, 6.45) is 5.47. The fourth-order valence-electron chi connectivity index (χ4n) is 2.65. The second-order valence-electron chi connectivity index (χ2n) is 6.95. The van der Waals surface area contributed by atoms with Crippen molar-refractivity contribution in [1.29, 1.82) is 0 Å². The molecule has 0 saturated heterocycles. The lowest BCUT2D eigenvalue weighted by Crippen LogP contribution is -2.39. The van der Waals surface area contributed by atoms with Gasteiger partial charge in [-0.1, -0.05) is 13.0 Å². The van der Waals surface area contributed by atoms with Crippen LogP contribution in [0.5, 0.6) is 5.88 Å². The second kappa shape index (κ2) is 11.5. The van der Waals surface area contributed by atoms with E-state index in [9.17, 15) is 0 Å². The zero-order chi connectivity index (χ0) is 18.2. The van der Waals surface area contributed by atoms with E-state index in [0.29, 0.717) is 18.3 Å². The monoisotopic (exact) mass is 500 g/mol. The number of halogens is 1. The molecule has 27 heavy (non-hydrogen) atoms. The number of thiophene rings is 1. The summed E-state index contributed by atoms with van der Waals surface area (Å²) in [6.45, 7) is 4.63. The highest BCUT2D eigenvalue weighted by atomic mass is 127. The van der Waals surface area contributed by atoms with Gasteiger partial charge in [0.15, 0.2) is 5.96 Å². The minimum absolute atomic E-state index is 0. The fraction of sp³-hybridized carbons (Fsp3) is 0.500. The van der Waals surface area contributed by atoms with Crippen molar-refractivity contribution < 1.29 is 4.74 Å². The Balaban J connectivity index is 0.00000261. The van der Waals surface area contributed by atoms with Crippen LogP contribution >= 0.6 is 35.3 Å². The van der Waals surface area contributed by atoms with Crippen LogP contribution in [-0.2, 0) is 13.0 Å². The number of nitrogens with zero attached hydrogens (tertiary/aromatic N) is 2. The number of hydrogen-bond donors (Lipinski definition) is 2. The quantitative estimate of drug-likeness (QED) is 0.310. The largest absolute Gasteiger partial charge is 0.477 e. The van der Waals surface area contributed by atoms with Crippen molar-refractivity contribution in [1.82, 2.24) is 15.6 Å². The zero-order valence-electron chi connectivity index (χ0n) is 16.0. The summed E-state index contributed by atoms with van der Waals surface area (Å²) >= 11 is 1.82. The Kier molecular flexibility index (Phi) is 9.33. The van der Waals surface area contributed by atoms with Gasteiger partial charge in [0, 0.05) is 37.3 Å². The van der Waals surface area contributed by atoms with Gasteiger partial charge in [0.25, 0.3) is 0 Å². The molecule has 7 heteroatoms. The highest BCUT2D eigenvalue weighted by Gasteiger charge is 2.22. The molecule has 0 aromatic carbocycles. The molecule has 1 aliphatic carbocycles. The molecule has 1 unspecified atom stereocenters. The smallest absolute Gasteiger partial charge is 0.213 e. The van der Waals surface area contributed by atoms with E-state index in [1.165, 1.54) is 17.7 Å². The van der Waals surface area contributed by atoms with Crippen LogP contribution < -0.4 is 15.4 Å². The lowest BCUT2D eigenvalue weighted by atomic mass is 10.1. The van der Waals surface area contributed by atoms with Crippen molar-refractivity contribution >= 4 is 41.3 Å². The lowest BCUT2D eigenvalue weighted by Gasteiger charge is -2.16. The molecule has 5 nitrogen and oxygen atoms in total. The number of aliphatic imine (C=N–C) groups is 1. The normalized spacial score (nSPS) is 15.0. The van der Waals surface area contributed by atoms with Crippen LogP contribution in [0.4, 0.5) is 0 Å². The third kappa shape index (κ3) is 8.04. The third-order valence-electron chi connectivity index (χ3n) is 4.39. The van der Waals surface area contributed by atoms with Gasteiger partial charge in [-0.2, -0.15) is 0 Å². The summed E-state index contributed by atoms with van der Waals surface area (Å²) in [5, 5.41) is 8.91. The molecule has 148 valence electrons. The van der Waals surface area contributed by atoms with E-state index in [2.05, 4.69) is 45.0 Å². The van der Waals surface area contributed by atoms with Gasteiger partial charge in [-0.05, 0) is 54.2 Å². The van der Waals surface area contributed by atoms with Crippen molar-refractivity contribution in [3.63, 3.8) is 0 Å². The van der Waals surface area contributed by atoms with Gasteiger partial charge in [-0.3, -0.25) is 4.99 Å². The van der Waals surface area contributed by atoms with Crippen LogP contribution in [0.2, 0.25) is 0 Å². The Morgan fingerprint density at radius 3 is 2.93 bits per heavy atom. The summed E-state index contributed by atoms with van der Waals surface area (Å²) in [5.41, 5.74) is 1.14. The fourth-order valence-corrected chi connectivity index (χ4v) is 3.52. The molecule has 0 amide bonds. The number of hydrogen-bond acceptors (Lipinski definition) is 4. The van der Waals surface area contributed by atoms with E-state index in [0.717, 1.165) is 37.0 Å². The van der Waals surface area contributed by atoms with Crippen molar-refractivity contribution in [3.8, 4) is 5.88 Å². The number of rotatable bonds is 9. The molecule has 2 aromatic rings. The SMILES string of the molecule is CN=C(NCc1ccnc(OCC2CC2)c1)NCC(C)Cc1cccs1.I. The Bertz CT molecular complexity index is 704. The Morgan fingerprint density at radius 1 is 1.37 bits per heavy atom. The van der Waals surface area contributed by atoms with Crippen LogP contribution in [0.1, 0.15) is 30.2 Å². The molecule has 0 radical (unpaired) electrons. The lowest BCUT2D eigenvalue weighted by molar-refractivity contribution is 0.288. The molecule has 0 bridgehead atoms. The highest BCUT2D eigenvalue weighted by molar-refractivity contribution is 14.0. The summed E-state index contributed by atoms with van der Waals surface area (Å²) in [7, 11) is 1.80. The molecular formula is C20H29IN4OS. The van der Waals surface area contributed by atoms with Crippen molar-refractivity contribution in [2.45, 2.75) is 32.7 Å². The van der Waals surface area contributed by atoms with Gasteiger partial charge < -0.3 is 15.4 Å². The molecule has 1 saturated carbocycles. The number of nitrogens with one attached hydrogen (secondary N) is 2. The summed E-state index contributed by atoms with van der Waals surface area (Å²) < 4.78 is 5.75. The van der Waals surface area contributed by atoms with Gasteiger partial charge in [0.05, 0.1) is 6.61 Å². The minimum atomic E-state index is 0. The van der Waals surface area contributed by atoms with Crippen molar-refractivity contribution in [2.75, 3.05) is 20.2 Å². The standard InChI is InChI=1S/C20H28N4OS.HI/c1-15(10-18-4-3-9-26-18)12-23-20(21-2)24-13-17-7-8-22-19(11-17)25-14-16-5-6-16;/h3-4,7-9,11,15-16H,5-6,10,12-14H2,1-2H3,(H2,21,23,24);1H. The first-order valence-electron chi connectivity index (χ1n) is 9.27. The Labute approximate surface area is 183 Å². The molecular weight excluding hydrogens is 471 g/mol. The average molecular weight is 500 g/mol.